The lowest BCUT2D eigenvalue weighted by Crippen LogP contribution is -2.40. The van der Waals surface area contributed by atoms with Crippen LogP contribution in [0.4, 0.5) is 0 Å². The molecule has 1 aromatic heterocycles. The average Bonchev–Trinajstić information content (AvgIpc) is 2.38. The van der Waals surface area contributed by atoms with Crippen LogP contribution in [0.3, 0.4) is 0 Å². The third-order valence-corrected chi connectivity index (χ3v) is 4.20. The number of hydrogen-bond acceptors (Lipinski definition) is 3. The molecule has 0 atom stereocenters. The zero-order valence-corrected chi connectivity index (χ0v) is 10.6. The van der Waals surface area contributed by atoms with Crippen LogP contribution in [0.15, 0.2) is 23.0 Å². The first-order valence-electron chi connectivity index (χ1n) is 5.72. The molecule has 0 spiro atoms. The molecule has 0 unspecified atom stereocenters. The highest BCUT2D eigenvalue weighted by Crippen LogP contribution is 2.21. The van der Waals surface area contributed by atoms with E-state index in [2.05, 4.69) is 11.2 Å². The topological polar surface area (TPSA) is 53.2 Å². The summed E-state index contributed by atoms with van der Waals surface area (Å²) in [5.41, 5.74) is 0.162. The van der Waals surface area contributed by atoms with Gasteiger partial charge in [0.25, 0.3) is 5.91 Å². The monoisotopic (exact) mass is 252 g/mol. The molecule has 92 valence electrons. The van der Waals surface area contributed by atoms with E-state index in [1.807, 2.05) is 16.7 Å². The number of carbonyl (C=O) groups is 1. The maximum Gasteiger partial charge on any atom is 0.270 e. The van der Waals surface area contributed by atoms with Crippen LogP contribution in [0, 0.1) is 0 Å². The average molecular weight is 252 g/mol. The van der Waals surface area contributed by atoms with Crippen LogP contribution in [0.25, 0.3) is 0 Å². The number of piperidine rings is 1. The molecule has 0 aromatic carbocycles. The van der Waals surface area contributed by atoms with Gasteiger partial charge in [-0.3, -0.25) is 9.59 Å². The van der Waals surface area contributed by atoms with E-state index in [0.29, 0.717) is 10.9 Å². The van der Waals surface area contributed by atoms with E-state index in [4.69, 9.17) is 0 Å². The molecule has 0 radical (unpaired) electrons. The molecule has 1 fully saturated rings. The number of carbonyl (C=O) groups excluding carboxylic acids is 1. The lowest BCUT2D eigenvalue weighted by Gasteiger charge is -2.31. The van der Waals surface area contributed by atoms with Gasteiger partial charge >= 0.3 is 0 Å². The summed E-state index contributed by atoms with van der Waals surface area (Å²) in [6.45, 7) is 1.56. The van der Waals surface area contributed by atoms with Gasteiger partial charge in [0, 0.05) is 24.4 Å². The van der Waals surface area contributed by atoms with Gasteiger partial charge in [-0.25, -0.2) is 0 Å². The molecule has 1 aliphatic heterocycles. The van der Waals surface area contributed by atoms with Crippen molar-refractivity contribution >= 4 is 17.7 Å². The Kier molecular flexibility index (Phi) is 3.89. The Morgan fingerprint density at radius 3 is 2.71 bits per heavy atom. The van der Waals surface area contributed by atoms with Crippen LogP contribution in [-0.4, -0.2) is 40.4 Å². The van der Waals surface area contributed by atoms with Gasteiger partial charge in [-0.1, -0.05) is 6.07 Å². The summed E-state index contributed by atoms with van der Waals surface area (Å²) in [6.07, 6.45) is 4.17. The normalized spacial score (nSPS) is 17.1. The van der Waals surface area contributed by atoms with Gasteiger partial charge in [-0.15, -0.1) is 0 Å². The molecule has 5 heteroatoms. The second kappa shape index (κ2) is 5.40. The lowest BCUT2D eigenvalue weighted by molar-refractivity contribution is 0.0721. The van der Waals surface area contributed by atoms with E-state index in [0.717, 1.165) is 25.9 Å². The molecule has 0 bridgehead atoms. The fourth-order valence-electron chi connectivity index (χ4n) is 2.04. The largest absolute Gasteiger partial charge is 0.337 e. The van der Waals surface area contributed by atoms with E-state index >= 15 is 0 Å². The Bertz CT molecular complexity index is 450. The predicted molar refractivity (Wildman–Crippen MR) is 69.5 cm³/mol. The van der Waals surface area contributed by atoms with Gasteiger partial charge in [0.05, 0.1) is 0 Å². The Labute approximate surface area is 104 Å². The van der Waals surface area contributed by atoms with E-state index in [-0.39, 0.29) is 11.5 Å². The Balaban J connectivity index is 2.04. The van der Waals surface area contributed by atoms with Gasteiger partial charge in [-0.2, -0.15) is 11.8 Å². The van der Waals surface area contributed by atoms with Crippen molar-refractivity contribution in [2.75, 3.05) is 19.3 Å². The van der Waals surface area contributed by atoms with Crippen molar-refractivity contribution in [3.63, 3.8) is 0 Å². The summed E-state index contributed by atoms with van der Waals surface area (Å²) in [4.78, 5) is 27.6. The van der Waals surface area contributed by atoms with Crippen molar-refractivity contribution in [2.24, 2.45) is 0 Å². The first-order valence-corrected chi connectivity index (χ1v) is 7.01. The lowest BCUT2D eigenvalue weighted by atomic mass is 10.1. The van der Waals surface area contributed by atoms with Gasteiger partial charge in [0.15, 0.2) is 0 Å². The minimum absolute atomic E-state index is 0.0674. The highest BCUT2D eigenvalue weighted by Gasteiger charge is 2.23. The van der Waals surface area contributed by atoms with Crippen LogP contribution in [0.5, 0.6) is 0 Å². The van der Waals surface area contributed by atoms with Crippen LogP contribution in [0.2, 0.25) is 0 Å². The summed E-state index contributed by atoms with van der Waals surface area (Å²) in [6, 6.07) is 4.68. The molecule has 4 nitrogen and oxygen atoms in total. The summed E-state index contributed by atoms with van der Waals surface area (Å²) in [5, 5.41) is 0.661. The summed E-state index contributed by atoms with van der Waals surface area (Å²) >= 11 is 1.86. The van der Waals surface area contributed by atoms with E-state index in [1.165, 1.54) is 6.07 Å². The van der Waals surface area contributed by atoms with Crippen LogP contribution in [-0.2, 0) is 0 Å². The SMILES string of the molecule is CSC1CCN(C(=O)c2cccc(=O)[nH]2)CC1. The number of rotatable bonds is 2. The molecule has 0 aliphatic carbocycles. The van der Waals surface area contributed by atoms with Crippen LogP contribution >= 0.6 is 11.8 Å². The second-order valence-electron chi connectivity index (χ2n) is 4.16. The molecule has 2 rings (SSSR count). The molecule has 0 saturated carbocycles. The zero-order valence-electron chi connectivity index (χ0n) is 9.81. The molecule has 1 amide bonds. The van der Waals surface area contributed by atoms with Crippen LogP contribution in [0.1, 0.15) is 23.3 Å². The highest BCUT2D eigenvalue weighted by atomic mass is 32.2. The van der Waals surface area contributed by atoms with E-state index in [1.54, 1.807) is 12.1 Å². The predicted octanol–water partition coefficient (Wildman–Crippen LogP) is 1.34. The van der Waals surface area contributed by atoms with Crippen molar-refractivity contribution in [1.29, 1.82) is 0 Å². The number of pyridine rings is 1. The third kappa shape index (κ3) is 2.91. The van der Waals surface area contributed by atoms with Crippen molar-refractivity contribution in [3.05, 3.63) is 34.2 Å². The number of nitrogens with one attached hydrogen (secondary N) is 1. The first kappa shape index (κ1) is 12.2. The summed E-state index contributed by atoms with van der Waals surface area (Å²) < 4.78 is 0. The fourth-order valence-corrected chi connectivity index (χ4v) is 2.72. The zero-order chi connectivity index (χ0) is 12.3. The molecule has 1 saturated heterocycles. The number of aromatic amines is 1. The van der Waals surface area contributed by atoms with Crippen LogP contribution < -0.4 is 5.56 Å². The quantitative estimate of drug-likeness (QED) is 0.864. The maximum absolute atomic E-state index is 12.1. The second-order valence-corrected chi connectivity index (χ2v) is 5.29. The molecule has 1 aromatic rings. The molecule has 17 heavy (non-hydrogen) atoms. The number of aromatic nitrogens is 1. The number of thioether (sulfide) groups is 1. The Morgan fingerprint density at radius 1 is 1.41 bits per heavy atom. The molecular formula is C12H16N2O2S. The minimum atomic E-state index is -0.227. The number of nitrogens with zero attached hydrogens (tertiary/aromatic N) is 1. The number of H-pyrrole nitrogens is 1. The van der Waals surface area contributed by atoms with Gasteiger partial charge in [-0.05, 0) is 25.2 Å². The first-order chi connectivity index (χ1) is 8.20. The van der Waals surface area contributed by atoms with Crippen molar-refractivity contribution < 1.29 is 4.79 Å². The van der Waals surface area contributed by atoms with Crippen molar-refractivity contribution in [1.82, 2.24) is 9.88 Å². The van der Waals surface area contributed by atoms with Crippen molar-refractivity contribution in [3.8, 4) is 0 Å². The smallest absolute Gasteiger partial charge is 0.270 e. The maximum atomic E-state index is 12.1. The Hall–Kier alpha value is -1.23. The molecule has 2 heterocycles. The molecule has 1 aliphatic rings. The molecular weight excluding hydrogens is 236 g/mol. The number of amides is 1. The summed E-state index contributed by atoms with van der Waals surface area (Å²) in [7, 11) is 0. The molecule has 1 N–H and O–H groups in total. The van der Waals surface area contributed by atoms with E-state index in [9.17, 15) is 9.59 Å². The van der Waals surface area contributed by atoms with Crippen molar-refractivity contribution in [2.45, 2.75) is 18.1 Å². The van der Waals surface area contributed by atoms with Gasteiger partial charge in [0.2, 0.25) is 5.56 Å². The highest BCUT2D eigenvalue weighted by molar-refractivity contribution is 7.99. The fraction of sp³-hybridized carbons (Fsp3) is 0.500. The number of likely N-dealkylation sites (tertiary alicyclic amines) is 1. The van der Waals surface area contributed by atoms with Gasteiger partial charge < -0.3 is 9.88 Å². The third-order valence-electron chi connectivity index (χ3n) is 3.06. The Morgan fingerprint density at radius 2 is 2.12 bits per heavy atom. The summed E-state index contributed by atoms with van der Waals surface area (Å²) in [5.74, 6) is -0.0674. The standard InChI is InChI=1S/C12H16N2O2S/c1-17-9-5-7-14(8-6-9)12(16)10-3-2-4-11(15)13-10/h2-4,9H,5-8H2,1H3,(H,13,15). The van der Waals surface area contributed by atoms with E-state index < -0.39 is 0 Å². The minimum Gasteiger partial charge on any atom is -0.337 e. The van der Waals surface area contributed by atoms with Gasteiger partial charge in [0.1, 0.15) is 5.69 Å². The number of hydrogen-bond donors (Lipinski definition) is 1.